The van der Waals surface area contributed by atoms with Crippen molar-refractivity contribution < 1.29 is 0 Å². The Kier molecular flexibility index (Phi) is 14.0. The Balaban J connectivity index is 1.37. The molecular formula is C53H48P4. The van der Waals surface area contributed by atoms with Gasteiger partial charge in [0.15, 0.2) is 0 Å². The molecule has 8 aromatic rings. The summed E-state index contributed by atoms with van der Waals surface area (Å²) in [5.41, 5.74) is 0.775. The van der Waals surface area contributed by atoms with Gasteiger partial charge in [-0.3, -0.25) is 0 Å². The molecule has 4 heteroatoms. The molecule has 0 aliphatic rings. The van der Waals surface area contributed by atoms with Crippen LogP contribution in [0, 0.1) is 0 Å². The van der Waals surface area contributed by atoms with Gasteiger partial charge in [-0.05, 0) is 104 Å². The van der Waals surface area contributed by atoms with Gasteiger partial charge in [0.25, 0.3) is 0 Å². The lowest BCUT2D eigenvalue weighted by Crippen LogP contribution is -2.39. The molecule has 2 atom stereocenters. The summed E-state index contributed by atoms with van der Waals surface area (Å²) in [6.45, 7) is 0. The maximum atomic E-state index is 2.42. The molecule has 0 saturated heterocycles. The Hall–Kier alpha value is -4.52. The minimum atomic E-state index is -0.780. The van der Waals surface area contributed by atoms with Crippen molar-refractivity contribution in [2.24, 2.45) is 0 Å². The van der Waals surface area contributed by atoms with Crippen molar-refractivity contribution in [2.75, 3.05) is 12.3 Å². The Bertz CT molecular complexity index is 2170. The van der Waals surface area contributed by atoms with Gasteiger partial charge in [-0.25, -0.2) is 0 Å². The molecule has 0 N–H and O–H groups in total. The van der Waals surface area contributed by atoms with Gasteiger partial charge < -0.3 is 0 Å². The van der Waals surface area contributed by atoms with Gasteiger partial charge in [-0.15, -0.1) is 0 Å². The second kappa shape index (κ2) is 20.3. The molecule has 0 aliphatic carbocycles. The van der Waals surface area contributed by atoms with E-state index < -0.39 is 31.7 Å². The Morgan fingerprint density at radius 1 is 0.246 bits per heavy atom. The summed E-state index contributed by atoms with van der Waals surface area (Å²) in [5, 5.41) is 11.7. The van der Waals surface area contributed by atoms with Crippen molar-refractivity contribution in [1.29, 1.82) is 0 Å². The molecule has 280 valence electrons. The molecule has 57 heavy (non-hydrogen) atoms. The molecule has 0 bridgehead atoms. The van der Waals surface area contributed by atoms with Gasteiger partial charge in [0.1, 0.15) is 0 Å². The summed E-state index contributed by atoms with van der Waals surface area (Å²) in [5.74, 6) is 0. The van der Waals surface area contributed by atoms with Gasteiger partial charge in [-0.1, -0.05) is 243 Å². The molecule has 0 amide bonds. The highest BCUT2D eigenvalue weighted by atomic mass is 31.1. The predicted octanol–water partition coefficient (Wildman–Crippen LogP) is 10.6. The third-order valence-electron chi connectivity index (χ3n) is 10.5. The fourth-order valence-corrected chi connectivity index (χ4v) is 20.5. The molecule has 2 unspecified atom stereocenters. The molecule has 8 aromatic carbocycles. The first-order valence-corrected chi connectivity index (χ1v) is 25.7. The Morgan fingerprint density at radius 3 is 0.754 bits per heavy atom. The molecule has 0 nitrogen and oxygen atoms in total. The van der Waals surface area contributed by atoms with Crippen molar-refractivity contribution in [1.82, 2.24) is 0 Å². The number of rotatable bonds is 16. The third-order valence-corrected chi connectivity index (χ3v) is 22.1. The van der Waals surface area contributed by atoms with E-state index >= 15 is 0 Å². The monoisotopic (exact) mass is 808 g/mol. The Morgan fingerprint density at radius 2 is 0.474 bits per heavy atom. The van der Waals surface area contributed by atoms with Crippen LogP contribution in [0.15, 0.2) is 243 Å². The van der Waals surface area contributed by atoms with Crippen LogP contribution in [0.4, 0.5) is 0 Å². The minimum absolute atomic E-state index is 0.381. The van der Waals surface area contributed by atoms with E-state index in [2.05, 4.69) is 243 Å². The topological polar surface area (TPSA) is 0 Å². The summed E-state index contributed by atoms with van der Waals surface area (Å²) in [7, 11) is -2.81. The summed E-state index contributed by atoms with van der Waals surface area (Å²) < 4.78 is 0. The van der Waals surface area contributed by atoms with E-state index in [1.165, 1.54) is 42.4 Å². The highest BCUT2D eigenvalue weighted by Gasteiger charge is 2.40. The lowest BCUT2D eigenvalue weighted by Gasteiger charge is -2.42. The normalized spacial score (nSPS) is 12.6. The summed E-state index contributed by atoms with van der Waals surface area (Å²) >= 11 is 0. The molecule has 0 aliphatic heterocycles. The maximum Gasteiger partial charge on any atom is -0.000968 e. The van der Waals surface area contributed by atoms with Crippen LogP contribution >= 0.6 is 31.7 Å². The lowest BCUT2D eigenvalue weighted by molar-refractivity contribution is 0.806. The second-order valence-corrected chi connectivity index (χ2v) is 23.6. The number of hydrogen-bond donors (Lipinski definition) is 0. The number of benzene rings is 8. The number of hydrogen-bond acceptors (Lipinski definition) is 0. The van der Waals surface area contributed by atoms with Crippen LogP contribution in [-0.2, 0) is 0 Å². The summed E-state index contributed by atoms with van der Waals surface area (Å²) in [6.07, 6.45) is 3.36. The fraction of sp³-hybridized carbons (Fsp3) is 0.0943. The molecule has 0 radical (unpaired) electrons. The standard InChI is InChI=1S/C53H48P4/c1-9-25-44(26-10-1)54(45-27-11-2-12-28-45)42-41-52(56(48-33-17-5-18-34-48)49-35-19-6-20-36-49)53(57(50-37-21-7-22-38-50)51-39-23-8-24-40-51)43-55(46-29-13-3-14-30-46)47-31-15-4-16-32-47/h1-40,52-53H,41-43H2. The largest absolute Gasteiger partial charge is 0.0622 e. The van der Waals surface area contributed by atoms with Crippen LogP contribution in [0.25, 0.3) is 0 Å². The molecule has 0 saturated carbocycles. The molecule has 0 spiro atoms. The van der Waals surface area contributed by atoms with Crippen LogP contribution in [-0.4, -0.2) is 23.6 Å². The summed E-state index contributed by atoms with van der Waals surface area (Å²) in [4.78, 5) is 0. The molecular weight excluding hydrogens is 760 g/mol. The first kappa shape index (κ1) is 39.3. The van der Waals surface area contributed by atoms with Crippen LogP contribution in [0.3, 0.4) is 0 Å². The average molecular weight is 809 g/mol. The van der Waals surface area contributed by atoms with E-state index in [9.17, 15) is 0 Å². The minimum Gasteiger partial charge on any atom is -0.0622 e. The SMILES string of the molecule is c1ccc(P(CCC(C(CP(c2ccccc2)c2ccccc2)P(c2ccccc2)c2ccccc2)P(c2ccccc2)c2ccccc2)c2ccccc2)cc1. The molecule has 0 aromatic heterocycles. The quantitative estimate of drug-likeness (QED) is 0.0853. The molecule has 0 heterocycles. The maximum absolute atomic E-state index is 2.42. The zero-order valence-electron chi connectivity index (χ0n) is 32.2. The first-order chi connectivity index (χ1) is 28.3. The second-order valence-electron chi connectivity index (χ2n) is 14.1. The van der Waals surface area contributed by atoms with Gasteiger partial charge in [0.2, 0.25) is 0 Å². The van der Waals surface area contributed by atoms with E-state index in [1.54, 1.807) is 0 Å². The van der Waals surface area contributed by atoms with Crippen LogP contribution < -0.4 is 42.4 Å². The smallest absolute Gasteiger partial charge is 0.000968 e. The van der Waals surface area contributed by atoms with Crippen LogP contribution in [0.5, 0.6) is 0 Å². The van der Waals surface area contributed by atoms with Crippen molar-refractivity contribution in [3.05, 3.63) is 243 Å². The van der Waals surface area contributed by atoms with Gasteiger partial charge in [-0.2, -0.15) is 0 Å². The van der Waals surface area contributed by atoms with E-state index in [4.69, 9.17) is 0 Å². The van der Waals surface area contributed by atoms with Crippen molar-refractivity contribution in [2.45, 2.75) is 17.7 Å². The average Bonchev–Trinajstić information content (AvgIpc) is 3.30. The summed E-state index contributed by atoms with van der Waals surface area (Å²) in [6, 6.07) is 91.8. The molecule has 0 fully saturated rings. The van der Waals surface area contributed by atoms with Gasteiger partial charge in [0, 0.05) is 0 Å². The first-order valence-electron chi connectivity index (χ1n) is 19.9. The van der Waals surface area contributed by atoms with Crippen molar-refractivity contribution in [3.63, 3.8) is 0 Å². The van der Waals surface area contributed by atoms with Crippen LogP contribution in [0.2, 0.25) is 0 Å². The van der Waals surface area contributed by atoms with E-state index in [0.717, 1.165) is 18.7 Å². The fourth-order valence-electron chi connectivity index (χ4n) is 7.93. The van der Waals surface area contributed by atoms with Crippen molar-refractivity contribution in [3.8, 4) is 0 Å². The predicted molar refractivity (Wildman–Crippen MR) is 258 cm³/mol. The van der Waals surface area contributed by atoms with E-state index in [0.29, 0.717) is 11.3 Å². The van der Waals surface area contributed by atoms with Gasteiger partial charge in [0.05, 0.1) is 0 Å². The molecule has 8 rings (SSSR count). The van der Waals surface area contributed by atoms with E-state index in [1.807, 2.05) is 0 Å². The van der Waals surface area contributed by atoms with E-state index in [-0.39, 0.29) is 0 Å². The highest BCUT2D eigenvalue weighted by Crippen LogP contribution is 2.57. The van der Waals surface area contributed by atoms with Crippen molar-refractivity contribution >= 4 is 74.1 Å². The third kappa shape index (κ3) is 9.96. The zero-order valence-corrected chi connectivity index (χ0v) is 35.7. The van der Waals surface area contributed by atoms with Crippen LogP contribution in [0.1, 0.15) is 6.42 Å². The lowest BCUT2D eigenvalue weighted by atomic mass is 10.2. The van der Waals surface area contributed by atoms with Gasteiger partial charge >= 0.3 is 0 Å². The zero-order chi connectivity index (χ0) is 38.5. The Labute approximate surface area is 345 Å². The highest BCUT2D eigenvalue weighted by molar-refractivity contribution is 7.79.